The normalized spacial score (nSPS) is 10.5. The molecule has 0 saturated heterocycles. The first-order chi connectivity index (χ1) is 12.1. The van der Waals surface area contributed by atoms with E-state index in [4.69, 9.17) is 0 Å². The van der Waals surface area contributed by atoms with Crippen LogP contribution in [0.2, 0.25) is 0 Å². The van der Waals surface area contributed by atoms with Crippen molar-refractivity contribution in [1.82, 2.24) is 15.3 Å². The summed E-state index contributed by atoms with van der Waals surface area (Å²) in [4.78, 5) is 22.2. The van der Waals surface area contributed by atoms with Gasteiger partial charge in [0.25, 0.3) is 5.91 Å². The minimum absolute atomic E-state index is 0.187. The van der Waals surface area contributed by atoms with Crippen molar-refractivity contribution in [2.75, 3.05) is 5.32 Å². The Kier molecular flexibility index (Phi) is 5.40. The van der Waals surface area contributed by atoms with Crippen molar-refractivity contribution in [2.24, 2.45) is 0 Å². The summed E-state index contributed by atoms with van der Waals surface area (Å²) in [5.41, 5.74) is 3.34. The molecule has 3 rings (SSSR count). The number of rotatable bonds is 6. The second-order valence-corrected chi connectivity index (χ2v) is 7.09. The van der Waals surface area contributed by atoms with Gasteiger partial charge in [0.2, 0.25) is 0 Å². The largest absolute Gasteiger partial charge is 0.379 e. The Morgan fingerprint density at radius 2 is 1.92 bits per heavy atom. The molecule has 0 aliphatic heterocycles. The third-order valence-corrected chi connectivity index (χ3v) is 4.68. The Morgan fingerprint density at radius 1 is 1.12 bits per heavy atom. The second kappa shape index (κ2) is 7.90. The molecule has 1 aromatic carbocycles. The quantitative estimate of drug-likeness (QED) is 0.710. The minimum Gasteiger partial charge on any atom is -0.379 e. The van der Waals surface area contributed by atoms with Gasteiger partial charge in [0.05, 0.1) is 17.2 Å². The highest BCUT2D eigenvalue weighted by molar-refractivity contribution is 7.11. The van der Waals surface area contributed by atoms with E-state index in [2.05, 4.69) is 27.5 Å². The maximum absolute atomic E-state index is 12.3. The zero-order valence-electron chi connectivity index (χ0n) is 14.2. The van der Waals surface area contributed by atoms with Crippen molar-refractivity contribution in [3.63, 3.8) is 0 Å². The number of aryl methyl sites for hydroxylation is 2. The van der Waals surface area contributed by atoms with E-state index in [0.29, 0.717) is 18.8 Å². The Balaban J connectivity index is 1.60. The molecule has 2 N–H and O–H groups in total. The van der Waals surface area contributed by atoms with Gasteiger partial charge in [-0.2, -0.15) is 0 Å². The number of anilines is 1. The number of amides is 1. The van der Waals surface area contributed by atoms with Crippen LogP contribution in [-0.4, -0.2) is 15.9 Å². The number of pyridine rings is 1. The zero-order chi connectivity index (χ0) is 17.6. The molecule has 2 aromatic heterocycles. The standard InChI is InChI=1S/C19H20N4OS/c1-13-18(23-14(2)25-13)12-21-16-8-9-20-17(10-16)19(24)22-11-15-6-4-3-5-7-15/h3-10H,11-12H2,1-2H3,(H,20,21)(H,22,24). The number of carbonyl (C=O) groups is 1. The lowest BCUT2D eigenvalue weighted by molar-refractivity contribution is 0.0946. The number of nitrogens with zero attached hydrogens (tertiary/aromatic N) is 2. The summed E-state index contributed by atoms with van der Waals surface area (Å²) in [5.74, 6) is -0.187. The summed E-state index contributed by atoms with van der Waals surface area (Å²) in [6, 6.07) is 13.4. The van der Waals surface area contributed by atoms with E-state index in [9.17, 15) is 4.79 Å². The number of thiazole rings is 1. The Labute approximate surface area is 151 Å². The summed E-state index contributed by atoms with van der Waals surface area (Å²) in [6.45, 7) is 5.18. The lowest BCUT2D eigenvalue weighted by Gasteiger charge is -2.08. The van der Waals surface area contributed by atoms with E-state index in [1.807, 2.05) is 43.3 Å². The van der Waals surface area contributed by atoms with Gasteiger partial charge in [-0.15, -0.1) is 11.3 Å². The van der Waals surface area contributed by atoms with E-state index in [1.54, 1.807) is 23.6 Å². The van der Waals surface area contributed by atoms with Crippen LogP contribution in [0.3, 0.4) is 0 Å². The molecule has 0 bridgehead atoms. The van der Waals surface area contributed by atoms with Gasteiger partial charge in [0.1, 0.15) is 5.69 Å². The predicted molar refractivity (Wildman–Crippen MR) is 101 cm³/mol. The van der Waals surface area contributed by atoms with Gasteiger partial charge in [0, 0.05) is 23.3 Å². The Bertz CT molecular complexity index is 861. The highest BCUT2D eigenvalue weighted by Gasteiger charge is 2.09. The van der Waals surface area contributed by atoms with Gasteiger partial charge in [-0.25, -0.2) is 4.98 Å². The maximum atomic E-state index is 12.3. The van der Waals surface area contributed by atoms with Crippen molar-refractivity contribution >= 4 is 22.9 Å². The molecule has 0 radical (unpaired) electrons. The molecule has 6 heteroatoms. The number of carbonyl (C=O) groups excluding carboxylic acids is 1. The van der Waals surface area contributed by atoms with E-state index >= 15 is 0 Å². The van der Waals surface area contributed by atoms with Crippen molar-refractivity contribution in [3.8, 4) is 0 Å². The van der Waals surface area contributed by atoms with Crippen LogP contribution in [0.1, 0.15) is 31.6 Å². The van der Waals surface area contributed by atoms with Crippen molar-refractivity contribution in [3.05, 3.63) is 75.5 Å². The van der Waals surface area contributed by atoms with Crippen LogP contribution in [0.25, 0.3) is 0 Å². The minimum atomic E-state index is -0.187. The van der Waals surface area contributed by atoms with Crippen molar-refractivity contribution < 1.29 is 4.79 Å². The van der Waals surface area contributed by atoms with Gasteiger partial charge in [0.15, 0.2) is 0 Å². The molecule has 2 heterocycles. The average molecular weight is 352 g/mol. The molecule has 128 valence electrons. The van der Waals surface area contributed by atoms with Crippen LogP contribution in [0.4, 0.5) is 5.69 Å². The average Bonchev–Trinajstić information content (AvgIpc) is 2.96. The van der Waals surface area contributed by atoms with E-state index < -0.39 is 0 Å². The van der Waals surface area contributed by atoms with E-state index in [1.165, 1.54) is 4.88 Å². The monoisotopic (exact) mass is 352 g/mol. The topological polar surface area (TPSA) is 66.9 Å². The van der Waals surface area contributed by atoms with Crippen LogP contribution in [-0.2, 0) is 13.1 Å². The first-order valence-electron chi connectivity index (χ1n) is 8.07. The lowest BCUT2D eigenvalue weighted by atomic mass is 10.2. The lowest BCUT2D eigenvalue weighted by Crippen LogP contribution is -2.23. The molecule has 0 aliphatic rings. The van der Waals surface area contributed by atoms with Gasteiger partial charge >= 0.3 is 0 Å². The van der Waals surface area contributed by atoms with Crippen molar-refractivity contribution in [2.45, 2.75) is 26.9 Å². The smallest absolute Gasteiger partial charge is 0.270 e. The maximum Gasteiger partial charge on any atom is 0.270 e. The third kappa shape index (κ3) is 4.64. The first kappa shape index (κ1) is 17.1. The molecule has 5 nitrogen and oxygen atoms in total. The van der Waals surface area contributed by atoms with Crippen molar-refractivity contribution in [1.29, 1.82) is 0 Å². The fourth-order valence-corrected chi connectivity index (χ4v) is 3.29. The van der Waals surface area contributed by atoms with Gasteiger partial charge in [-0.05, 0) is 31.5 Å². The molecule has 0 unspecified atom stereocenters. The highest BCUT2D eigenvalue weighted by atomic mass is 32.1. The number of nitrogens with one attached hydrogen (secondary N) is 2. The van der Waals surface area contributed by atoms with Crippen LogP contribution in [0, 0.1) is 13.8 Å². The molecule has 0 aliphatic carbocycles. The Hall–Kier alpha value is -2.73. The second-order valence-electron chi connectivity index (χ2n) is 5.69. The molecule has 0 atom stereocenters. The predicted octanol–water partition coefficient (Wildman–Crippen LogP) is 3.70. The molecule has 1 amide bonds. The van der Waals surface area contributed by atoms with Gasteiger partial charge in [-0.3, -0.25) is 9.78 Å². The SMILES string of the molecule is Cc1nc(CNc2ccnc(C(=O)NCc3ccccc3)c2)c(C)s1. The van der Waals surface area contributed by atoms with Crippen LogP contribution < -0.4 is 10.6 Å². The van der Waals surface area contributed by atoms with Gasteiger partial charge in [-0.1, -0.05) is 30.3 Å². The zero-order valence-corrected chi connectivity index (χ0v) is 15.1. The molecule has 0 saturated carbocycles. The molecule has 3 aromatic rings. The fraction of sp³-hybridized carbons (Fsp3) is 0.211. The third-order valence-electron chi connectivity index (χ3n) is 3.75. The fourth-order valence-electron chi connectivity index (χ4n) is 2.46. The molecule has 25 heavy (non-hydrogen) atoms. The molecular weight excluding hydrogens is 332 g/mol. The summed E-state index contributed by atoms with van der Waals surface area (Å²) < 4.78 is 0. The summed E-state index contributed by atoms with van der Waals surface area (Å²) >= 11 is 1.69. The van der Waals surface area contributed by atoms with Crippen LogP contribution in [0.15, 0.2) is 48.7 Å². The number of hydrogen-bond acceptors (Lipinski definition) is 5. The Morgan fingerprint density at radius 3 is 2.64 bits per heavy atom. The van der Waals surface area contributed by atoms with Crippen LogP contribution >= 0.6 is 11.3 Å². The summed E-state index contributed by atoms with van der Waals surface area (Å²) in [7, 11) is 0. The number of hydrogen-bond donors (Lipinski definition) is 2. The molecule has 0 fully saturated rings. The number of aromatic nitrogens is 2. The van der Waals surface area contributed by atoms with E-state index in [0.717, 1.165) is 22.0 Å². The van der Waals surface area contributed by atoms with E-state index in [-0.39, 0.29) is 5.91 Å². The summed E-state index contributed by atoms with van der Waals surface area (Å²) in [5, 5.41) is 7.26. The molecular formula is C19H20N4OS. The van der Waals surface area contributed by atoms with Gasteiger partial charge < -0.3 is 10.6 Å². The highest BCUT2D eigenvalue weighted by Crippen LogP contribution is 2.18. The first-order valence-corrected chi connectivity index (χ1v) is 8.88. The summed E-state index contributed by atoms with van der Waals surface area (Å²) in [6.07, 6.45) is 1.64. The van der Waals surface area contributed by atoms with Crippen LogP contribution in [0.5, 0.6) is 0 Å². The molecule has 0 spiro atoms. The number of benzene rings is 1.